The molecule has 5 nitrogen and oxygen atoms in total. The molecule has 0 unspecified atom stereocenters. The summed E-state index contributed by atoms with van der Waals surface area (Å²) in [6.07, 6.45) is 0. The van der Waals surface area contributed by atoms with Crippen LogP contribution in [-0.2, 0) is 5.41 Å². The minimum atomic E-state index is -0.490. The molecule has 0 saturated heterocycles. The molecule has 1 spiro atoms. The second-order valence-corrected chi connectivity index (χ2v) is 16.7. The average Bonchev–Trinajstić information content (AvgIpc) is 4.06. The molecule has 0 aliphatic heterocycles. The van der Waals surface area contributed by atoms with Crippen molar-refractivity contribution in [3.63, 3.8) is 0 Å². The molecule has 5 heteroatoms. The highest BCUT2D eigenvalue weighted by atomic mass is 15.2. The van der Waals surface area contributed by atoms with Crippen LogP contribution in [-0.4, -0.2) is 24.1 Å². The van der Waals surface area contributed by atoms with Crippen molar-refractivity contribution in [2.24, 2.45) is 0 Å². The van der Waals surface area contributed by atoms with Crippen molar-refractivity contribution >= 4 is 43.6 Å². The van der Waals surface area contributed by atoms with E-state index in [1.54, 1.807) is 0 Å². The second-order valence-electron chi connectivity index (χ2n) is 16.7. The zero-order chi connectivity index (χ0) is 41.2. The molecule has 0 fully saturated rings. The van der Waals surface area contributed by atoms with Crippen LogP contribution in [0.1, 0.15) is 22.3 Å². The van der Waals surface area contributed by atoms with Crippen molar-refractivity contribution in [2.45, 2.75) is 5.41 Å². The van der Waals surface area contributed by atoms with E-state index in [4.69, 9.17) is 15.0 Å². The Hall–Kier alpha value is -8.41. The lowest BCUT2D eigenvalue weighted by Gasteiger charge is -2.30. The van der Waals surface area contributed by atoms with Gasteiger partial charge in [-0.05, 0) is 74.8 Å². The van der Waals surface area contributed by atoms with Gasteiger partial charge in [-0.15, -0.1) is 0 Å². The van der Waals surface area contributed by atoms with Crippen LogP contribution >= 0.6 is 0 Å². The lowest BCUT2D eigenvalue weighted by atomic mass is 9.70. The number of benzene rings is 9. The number of hydrogen-bond acceptors (Lipinski definition) is 3. The molecule has 0 atom stereocenters. The lowest BCUT2D eigenvalue weighted by molar-refractivity contribution is 0.793. The van der Waals surface area contributed by atoms with Gasteiger partial charge in [0.2, 0.25) is 5.95 Å². The maximum Gasteiger partial charge on any atom is 0.238 e. The molecule has 2 aliphatic carbocycles. The highest BCUT2D eigenvalue weighted by Crippen LogP contribution is 2.63. The topological polar surface area (TPSA) is 48.5 Å². The summed E-state index contributed by atoms with van der Waals surface area (Å²) in [5.74, 6) is 1.80. The first-order valence-electron chi connectivity index (χ1n) is 21.5. The SMILES string of the molecule is c1ccc(-c2nc(-c3ccc4c(c3)C3(c5ccccc5-c5ccccc53)c3ccccc3-4)nc(-n3c4ccccc4c4ccc5c6ccccc6n(-c6ccccc6)c5c43)n2)cc1. The van der Waals surface area contributed by atoms with Gasteiger partial charge in [0.1, 0.15) is 0 Å². The summed E-state index contributed by atoms with van der Waals surface area (Å²) >= 11 is 0. The normalized spacial score (nSPS) is 13.2. The van der Waals surface area contributed by atoms with Crippen molar-refractivity contribution in [1.29, 1.82) is 0 Å². The van der Waals surface area contributed by atoms with Crippen molar-refractivity contribution < 1.29 is 0 Å². The van der Waals surface area contributed by atoms with E-state index < -0.39 is 5.41 Å². The predicted octanol–water partition coefficient (Wildman–Crippen LogP) is 13.7. The second kappa shape index (κ2) is 12.8. The van der Waals surface area contributed by atoms with Gasteiger partial charge in [-0.3, -0.25) is 4.57 Å². The summed E-state index contributed by atoms with van der Waals surface area (Å²) < 4.78 is 4.68. The van der Waals surface area contributed by atoms with Gasteiger partial charge in [-0.25, -0.2) is 4.98 Å². The summed E-state index contributed by atoms with van der Waals surface area (Å²) in [7, 11) is 0. The highest BCUT2D eigenvalue weighted by Gasteiger charge is 2.51. The Labute approximate surface area is 362 Å². The van der Waals surface area contributed by atoms with E-state index in [-0.39, 0.29) is 0 Å². The zero-order valence-corrected chi connectivity index (χ0v) is 33.9. The molecule has 0 bridgehead atoms. The third-order valence-corrected chi connectivity index (χ3v) is 13.6. The largest absolute Gasteiger partial charge is 0.307 e. The average molecular weight is 802 g/mol. The summed E-state index contributed by atoms with van der Waals surface area (Å²) in [5.41, 5.74) is 17.0. The number of fused-ring (bicyclic) bond motifs is 17. The Bertz CT molecular complexity index is 3800. The lowest BCUT2D eigenvalue weighted by Crippen LogP contribution is -2.25. The molecule has 0 radical (unpaired) electrons. The van der Waals surface area contributed by atoms with Gasteiger partial charge < -0.3 is 4.57 Å². The Morgan fingerprint density at radius 3 is 1.38 bits per heavy atom. The van der Waals surface area contributed by atoms with E-state index >= 15 is 0 Å². The highest BCUT2D eigenvalue weighted by molar-refractivity contribution is 6.23. The van der Waals surface area contributed by atoms with Crippen LogP contribution < -0.4 is 0 Å². The molecule has 9 aromatic carbocycles. The number of aromatic nitrogens is 5. The summed E-state index contributed by atoms with van der Waals surface area (Å²) in [6.45, 7) is 0. The molecule has 12 aromatic rings. The first-order valence-corrected chi connectivity index (χ1v) is 21.5. The smallest absolute Gasteiger partial charge is 0.238 e. The molecule has 0 saturated carbocycles. The van der Waals surface area contributed by atoms with E-state index in [0.717, 1.165) is 49.7 Å². The zero-order valence-electron chi connectivity index (χ0n) is 33.9. The van der Waals surface area contributed by atoms with Gasteiger partial charge in [-0.1, -0.05) is 182 Å². The van der Waals surface area contributed by atoms with Crippen LogP contribution in [0.5, 0.6) is 0 Å². The molecule has 3 heterocycles. The van der Waals surface area contributed by atoms with Crippen LogP contribution in [0.2, 0.25) is 0 Å². The van der Waals surface area contributed by atoms with Gasteiger partial charge in [0.25, 0.3) is 0 Å². The van der Waals surface area contributed by atoms with Crippen molar-refractivity contribution in [3.05, 3.63) is 235 Å². The van der Waals surface area contributed by atoms with Gasteiger partial charge in [0.05, 0.1) is 27.5 Å². The summed E-state index contributed by atoms with van der Waals surface area (Å²) in [4.78, 5) is 16.3. The van der Waals surface area contributed by atoms with E-state index in [0.29, 0.717) is 17.6 Å². The number of hydrogen-bond donors (Lipinski definition) is 0. The third kappa shape index (κ3) is 4.57. The van der Waals surface area contributed by atoms with E-state index in [9.17, 15) is 0 Å². The van der Waals surface area contributed by atoms with Crippen molar-refractivity contribution in [2.75, 3.05) is 0 Å². The molecule has 14 rings (SSSR count). The Morgan fingerprint density at radius 2 is 0.778 bits per heavy atom. The van der Waals surface area contributed by atoms with Crippen LogP contribution in [0.3, 0.4) is 0 Å². The molecule has 292 valence electrons. The van der Waals surface area contributed by atoms with Crippen LogP contribution in [0.4, 0.5) is 0 Å². The first kappa shape index (κ1) is 34.3. The molecular weight excluding hydrogens is 767 g/mol. The van der Waals surface area contributed by atoms with Gasteiger partial charge in [0.15, 0.2) is 11.6 Å². The molecule has 3 aromatic heterocycles. The predicted molar refractivity (Wildman–Crippen MR) is 256 cm³/mol. The molecule has 63 heavy (non-hydrogen) atoms. The summed E-state index contributed by atoms with van der Waals surface area (Å²) in [6, 6.07) is 76.5. The summed E-state index contributed by atoms with van der Waals surface area (Å²) in [5, 5.41) is 4.64. The maximum atomic E-state index is 5.54. The molecule has 2 aliphatic rings. The monoisotopic (exact) mass is 801 g/mol. The van der Waals surface area contributed by atoms with Crippen LogP contribution in [0, 0.1) is 0 Å². The van der Waals surface area contributed by atoms with E-state index in [1.807, 2.05) is 18.2 Å². The van der Waals surface area contributed by atoms with Gasteiger partial charge >= 0.3 is 0 Å². The Morgan fingerprint density at radius 1 is 0.317 bits per heavy atom. The standard InChI is InChI=1S/C58H35N5/c1-3-17-36(18-4-1)55-59-56(37-31-32-42-41-23-9-14-28-49(41)58(50(42)35-37)47-26-12-7-21-39(47)40-22-8-13-27-48(40)58)61-57(60-55)63-52-30-16-11-25-44(52)46-34-33-45-43-24-10-15-29-51(43)62(53(45)54(46)63)38-19-5-2-6-20-38/h1-35H. The first-order chi connectivity index (χ1) is 31.3. The number of para-hydroxylation sites is 3. The molecule has 0 N–H and O–H groups in total. The Balaban J connectivity index is 1.08. The maximum absolute atomic E-state index is 5.54. The van der Waals surface area contributed by atoms with Crippen molar-refractivity contribution in [3.8, 4) is 56.7 Å². The minimum Gasteiger partial charge on any atom is -0.307 e. The fourth-order valence-corrected chi connectivity index (χ4v) is 11.1. The quantitative estimate of drug-likeness (QED) is 0.178. The molecular formula is C58H35N5. The number of nitrogens with zero attached hydrogens (tertiary/aromatic N) is 5. The molecule has 0 amide bonds. The van der Waals surface area contributed by atoms with Crippen molar-refractivity contribution in [1.82, 2.24) is 24.1 Å². The van der Waals surface area contributed by atoms with Crippen LogP contribution in [0.15, 0.2) is 212 Å². The van der Waals surface area contributed by atoms with Crippen LogP contribution in [0.25, 0.3) is 100 Å². The number of rotatable bonds is 4. The van der Waals surface area contributed by atoms with Gasteiger partial charge in [-0.2, -0.15) is 9.97 Å². The third-order valence-electron chi connectivity index (χ3n) is 13.6. The van der Waals surface area contributed by atoms with E-state index in [2.05, 4.69) is 203 Å². The fourth-order valence-electron chi connectivity index (χ4n) is 11.1. The fraction of sp³-hybridized carbons (Fsp3) is 0.0172. The van der Waals surface area contributed by atoms with E-state index in [1.165, 1.54) is 55.3 Å². The van der Waals surface area contributed by atoms with Gasteiger partial charge in [0, 0.05) is 38.4 Å². The Kier molecular flexibility index (Phi) is 6.97. The minimum absolute atomic E-state index is 0.490.